The van der Waals surface area contributed by atoms with Crippen LogP contribution in [0.1, 0.15) is 44.9 Å². The molecule has 0 saturated carbocycles. The molecule has 4 rings (SSSR count). The molecule has 7 heteroatoms. The van der Waals surface area contributed by atoms with E-state index in [1.165, 1.54) is 0 Å². The maximum atomic E-state index is 12.8. The maximum absolute atomic E-state index is 12.8. The first-order valence-corrected chi connectivity index (χ1v) is 10.9. The molecule has 1 aliphatic carbocycles. The first kappa shape index (κ1) is 20.3. The summed E-state index contributed by atoms with van der Waals surface area (Å²) >= 11 is 3.51. The Hall–Kier alpha value is -2.93. The minimum absolute atomic E-state index is 0.152. The third-order valence-corrected chi connectivity index (χ3v) is 5.67. The van der Waals surface area contributed by atoms with Gasteiger partial charge < -0.3 is 10.6 Å². The molecule has 2 amide bonds. The van der Waals surface area contributed by atoms with E-state index in [0.29, 0.717) is 24.3 Å². The number of amides is 2. The summed E-state index contributed by atoms with van der Waals surface area (Å²) in [7, 11) is 0. The minimum Gasteiger partial charge on any atom is -0.350 e. The number of nitrogens with zero attached hydrogens (tertiary/aromatic N) is 2. The van der Waals surface area contributed by atoms with Crippen molar-refractivity contribution in [2.75, 3.05) is 13.1 Å². The Bertz CT molecular complexity index is 1060. The quantitative estimate of drug-likeness (QED) is 0.544. The summed E-state index contributed by atoms with van der Waals surface area (Å²) in [5.74, 6) is -0.350. The van der Waals surface area contributed by atoms with Gasteiger partial charge in [0.25, 0.3) is 11.8 Å². The summed E-state index contributed by atoms with van der Waals surface area (Å²) in [5, 5.41) is 10.4. The van der Waals surface area contributed by atoms with E-state index in [4.69, 9.17) is 0 Å². The molecule has 6 nitrogen and oxygen atoms in total. The van der Waals surface area contributed by atoms with Crippen LogP contribution >= 0.6 is 15.9 Å². The van der Waals surface area contributed by atoms with Crippen LogP contribution in [0.15, 0.2) is 59.1 Å². The fraction of sp³-hybridized carbons (Fsp3) is 0.261. The summed E-state index contributed by atoms with van der Waals surface area (Å²) in [4.78, 5) is 24.9. The van der Waals surface area contributed by atoms with Crippen molar-refractivity contribution in [3.8, 4) is 5.69 Å². The highest BCUT2D eigenvalue weighted by molar-refractivity contribution is 9.10. The van der Waals surface area contributed by atoms with Gasteiger partial charge in [-0.25, -0.2) is 4.68 Å². The third-order valence-electron chi connectivity index (χ3n) is 5.18. The van der Waals surface area contributed by atoms with Gasteiger partial charge in [-0.2, -0.15) is 5.10 Å². The number of aromatic nitrogens is 2. The normalized spacial score (nSPS) is 12.8. The topological polar surface area (TPSA) is 76.0 Å². The number of benzene rings is 2. The molecular weight excluding hydrogens is 444 g/mol. The zero-order chi connectivity index (χ0) is 20.9. The van der Waals surface area contributed by atoms with Crippen molar-refractivity contribution < 1.29 is 9.59 Å². The van der Waals surface area contributed by atoms with Gasteiger partial charge in [0, 0.05) is 34.4 Å². The summed E-state index contributed by atoms with van der Waals surface area (Å²) in [6.07, 6.45) is 3.93. The SMILES string of the molecule is O=C(NCCNC(=O)c1nn(-c2cccc(Br)c2)c2c1CCCC2)c1ccccc1. The minimum atomic E-state index is -0.198. The van der Waals surface area contributed by atoms with Crippen LogP contribution in [0.2, 0.25) is 0 Å². The van der Waals surface area contributed by atoms with Crippen molar-refractivity contribution >= 4 is 27.7 Å². The molecule has 0 atom stereocenters. The molecule has 1 aromatic heterocycles. The highest BCUT2D eigenvalue weighted by Gasteiger charge is 2.25. The van der Waals surface area contributed by atoms with E-state index in [2.05, 4.69) is 31.7 Å². The highest BCUT2D eigenvalue weighted by Crippen LogP contribution is 2.27. The average molecular weight is 467 g/mol. The van der Waals surface area contributed by atoms with Crippen LogP contribution in [0, 0.1) is 0 Å². The largest absolute Gasteiger partial charge is 0.350 e. The fourth-order valence-electron chi connectivity index (χ4n) is 3.73. The molecule has 0 spiro atoms. The van der Waals surface area contributed by atoms with Gasteiger partial charge in [-0.3, -0.25) is 9.59 Å². The second kappa shape index (κ2) is 9.26. The van der Waals surface area contributed by atoms with Crippen LogP contribution in [-0.4, -0.2) is 34.7 Å². The number of hydrogen-bond donors (Lipinski definition) is 2. The van der Waals surface area contributed by atoms with Gasteiger partial charge in [0.1, 0.15) is 0 Å². The standard InChI is InChI=1S/C23H23BrN4O2/c24-17-9-6-10-18(15-17)28-20-12-5-4-11-19(20)21(27-28)23(30)26-14-13-25-22(29)16-7-2-1-3-8-16/h1-3,6-10,15H,4-5,11-14H2,(H,25,29)(H,26,30). The third kappa shape index (κ3) is 4.46. The summed E-state index contributed by atoms with van der Waals surface area (Å²) in [6, 6.07) is 17.0. The van der Waals surface area contributed by atoms with Crippen molar-refractivity contribution in [2.24, 2.45) is 0 Å². The van der Waals surface area contributed by atoms with E-state index in [9.17, 15) is 9.59 Å². The molecule has 0 saturated heterocycles. The Morgan fingerprint density at radius 1 is 0.933 bits per heavy atom. The first-order chi connectivity index (χ1) is 14.6. The summed E-state index contributed by atoms with van der Waals surface area (Å²) in [5.41, 5.74) is 4.18. The molecule has 0 fully saturated rings. The number of carbonyl (C=O) groups is 2. The van der Waals surface area contributed by atoms with Crippen LogP contribution < -0.4 is 10.6 Å². The lowest BCUT2D eigenvalue weighted by atomic mass is 9.95. The monoisotopic (exact) mass is 466 g/mol. The molecule has 1 heterocycles. The number of hydrogen-bond acceptors (Lipinski definition) is 3. The molecular formula is C23H23BrN4O2. The highest BCUT2D eigenvalue weighted by atomic mass is 79.9. The molecule has 2 N–H and O–H groups in total. The Balaban J connectivity index is 1.43. The number of nitrogens with one attached hydrogen (secondary N) is 2. The average Bonchev–Trinajstić information content (AvgIpc) is 3.17. The summed E-state index contributed by atoms with van der Waals surface area (Å²) in [6.45, 7) is 0.698. The van der Waals surface area contributed by atoms with Gasteiger partial charge in [-0.05, 0) is 56.0 Å². The van der Waals surface area contributed by atoms with Gasteiger partial charge in [-0.1, -0.05) is 40.2 Å². The van der Waals surface area contributed by atoms with E-state index in [1.807, 2.05) is 47.1 Å². The lowest BCUT2D eigenvalue weighted by Gasteiger charge is -2.14. The number of rotatable bonds is 6. The number of carbonyl (C=O) groups excluding carboxylic acids is 2. The van der Waals surface area contributed by atoms with Crippen LogP contribution in [0.3, 0.4) is 0 Å². The van der Waals surface area contributed by atoms with E-state index in [-0.39, 0.29) is 11.8 Å². The number of halogens is 1. The van der Waals surface area contributed by atoms with Gasteiger partial charge in [-0.15, -0.1) is 0 Å². The zero-order valence-corrected chi connectivity index (χ0v) is 18.1. The van der Waals surface area contributed by atoms with Crippen molar-refractivity contribution in [3.63, 3.8) is 0 Å². The Kier molecular flexibility index (Phi) is 6.28. The first-order valence-electron chi connectivity index (χ1n) is 10.1. The second-order valence-corrected chi connectivity index (χ2v) is 8.17. The number of fused-ring (bicyclic) bond motifs is 1. The molecule has 2 aromatic carbocycles. The predicted molar refractivity (Wildman–Crippen MR) is 119 cm³/mol. The van der Waals surface area contributed by atoms with E-state index < -0.39 is 0 Å². The van der Waals surface area contributed by atoms with E-state index in [0.717, 1.165) is 47.1 Å². The molecule has 30 heavy (non-hydrogen) atoms. The van der Waals surface area contributed by atoms with E-state index in [1.54, 1.807) is 12.1 Å². The van der Waals surface area contributed by atoms with Gasteiger partial charge in [0.15, 0.2) is 5.69 Å². The molecule has 0 radical (unpaired) electrons. The lowest BCUT2D eigenvalue weighted by Crippen LogP contribution is -2.35. The molecule has 154 valence electrons. The lowest BCUT2D eigenvalue weighted by molar-refractivity contribution is 0.0924. The fourth-order valence-corrected chi connectivity index (χ4v) is 4.12. The van der Waals surface area contributed by atoms with E-state index >= 15 is 0 Å². The van der Waals surface area contributed by atoms with Gasteiger partial charge in [0.2, 0.25) is 0 Å². The van der Waals surface area contributed by atoms with Crippen molar-refractivity contribution in [2.45, 2.75) is 25.7 Å². The Morgan fingerprint density at radius 3 is 2.43 bits per heavy atom. The van der Waals surface area contributed by atoms with Gasteiger partial charge in [0.05, 0.1) is 5.69 Å². The predicted octanol–water partition coefficient (Wildman–Crippen LogP) is 3.67. The van der Waals surface area contributed by atoms with Crippen LogP contribution in [-0.2, 0) is 12.8 Å². The maximum Gasteiger partial charge on any atom is 0.272 e. The van der Waals surface area contributed by atoms with Gasteiger partial charge >= 0.3 is 0 Å². The molecule has 0 bridgehead atoms. The van der Waals surface area contributed by atoms with Crippen molar-refractivity contribution in [3.05, 3.63) is 81.6 Å². The smallest absolute Gasteiger partial charge is 0.272 e. The summed E-state index contributed by atoms with van der Waals surface area (Å²) < 4.78 is 2.87. The van der Waals surface area contributed by atoms with Crippen LogP contribution in [0.25, 0.3) is 5.69 Å². The molecule has 0 aliphatic heterocycles. The molecule has 3 aromatic rings. The van der Waals surface area contributed by atoms with Crippen LogP contribution in [0.5, 0.6) is 0 Å². The second-order valence-electron chi connectivity index (χ2n) is 7.25. The molecule has 0 unspecified atom stereocenters. The van der Waals surface area contributed by atoms with Crippen molar-refractivity contribution in [1.29, 1.82) is 0 Å². The Labute approximate surface area is 183 Å². The molecule has 1 aliphatic rings. The zero-order valence-electron chi connectivity index (χ0n) is 16.5. The van der Waals surface area contributed by atoms with Crippen LogP contribution in [0.4, 0.5) is 0 Å². The Morgan fingerprint density at radius 2 is 1.67 bits per heavy atom. The van der Waals surface area contributed by atoms with Crippen molar-refractivity contribution in [1.82, 2.24) is 20.4 Å².